The number of rotatable bonds is 12. The lowest BCUT2D eigenvalue weighted by atomic mass is 9.88. The zero-order chi connectivity index (χ0) is 34.2. The first-order valence-electron chi connectivity index (χ1n) is 17.0. The Balaban J connectivity index is 1.41. The van der Waals surface area contributed by atoms with Gasteiger partial charge in [0.15, 0.2) is 0 Å². The molecule has 7 rings (SSSR count). The molecule has 6 heteroatoms. The summed E-state index contributed by atoms with van der Waals surface area (Å²) in [4.78, 5) is 0. The van der Waals surface area contributed by atoms with E-state index in [2.05, 4.69) is 121 Å². The third-order valence-electron chi connectivity index (χ3n) is 9.36. The van der Waals surface area contributed by atoms with Gasteiger partial charge in [-0.3, -0.25) is 0 Å². The molecule has 1 saturated heterocycles. The molecule has 0 bridgehead atoms. The number of benzene rings is 6. The van der Waals surface area contributed by atoms with Crippen LogP contribution in [-0.2, 0) is 30.5 Å². The van der Waals surface area contributed by atoms with Gasteiger partial charge in [0.1, 0.15) is 0 Å². The summed E-state index contributed by atoms with van der Waals surface area (Å²) in [7, 11) is 1.73. The molecule has 4 atom stereocenters. The van der Waals surface area contributed by atoms with Crippen molar-refractivity contribution in [3.8, 4) is 0 Å². The van der Waals surface area contributed by atoms with Crippen LogP contribution in [0, 0.1) is 0 Å². The summed E-state index contributed by atoms with van der Waals surface area (Å²) >= 11 is 0. The molecule has 4 nitrogen and oxygen atoms in total. The molecular weight excluding hydrogens is 654 g/mol. The van der Waals surface area contributed by atoms with Gasteiger partial charge in [0.25, 0.3) is 11.6 Å². The summed E-state index contributed by atoms with van der Waals surface area (Å²) in [6.45, 7) is 0. The van der Waals surface area contributed by atoms with Crippen molar-refractivity contribution in [2.75, 3.05) is 26.5 Å². The third-order valence-corrected chi connectivity index (χ3v) is 14.5. The van der Waals surface area contributed by atoms with Crippen molar-refractivity contribution in [3.05, 3.63) is 193 Å². The fourth-order valence-electron chi connectivity index (χ4n) is 6.99. The molecule has 252 valence electrons. The van der Waals surface area contributed by atoms with Gasteiger partial charge < -0.3 is 18.9 Å². The van der Waals surface area contributed by atoms with E-state index in [-0.39, 0.29) is 12.2 Å². The Morgan fingerprint density at radius 3 is 0.880 bits per heavy atom. The second kappa shape index (κ2) is 15.9. The number of hydrogen-bond donors (Lipinski definition) is 0. The Morgan fingerprint density at radius 2 is 0.640 bits per heavy atom. The number of ether oxygens (including phenoxy) is 4. The van der Waals surface area contributed by atoms with E-state index in [1.54, 1.807) is 14.2 Å². The zero-order valence-corrected chi connectivity index (χ0v) is 30.2. The van der Waals surface area contributed by atoms with Crippen molar-refractivity contribution in [2.24, 2.45) is 0 Å². The van der Waals surface area contributed by atoms with Crippen LogP contribution in [0.15, 0.2) is 182 Å². The first kappa shape index (κ1) is 34.5. The molecule has 6 aromatic carbocycles. The van der Waals surface area contributed by atoms with E-state index in [9.17, 15) is 0 Å². The molecular formula is C44H42O4P2. The summed E-state index contributed by atoms with van der Waals surface area (Å²) in [6.07, 6.45) is 0.748. The maximum atomic E-state index is 7.58. The van der Waals surface area contributed by atoms with Crippen LogP contribution in [0.1, 0.15) is 11.1 Å². The predicted octanol–water partition coefficient (Wildman–Crippen LogP) is 8.04. The summed E-state index contributed by atoms with van der Waals surface area (Å²) in [5.41, 5.74) is 1.66. The lowest BCUT2D eigenvalue weighted by Gasteiger charge is -2.55. The van der Waals surface area contributed by atoms with Crippen molar-refractivity contribution < 1.29 is 18.9 Å². The third kappa shape index (κ3) is 6.85. The van der Waals surface area contributed by atoms with Gasteiger partial charge in [0.2, 0.25) is 0 Å². The molecule has 0 radical (unpaired) electrons. The highest BCUT2D eigenvalue weighted by molar-refractivity contribution is 7.73. The van der Waals surface area contributed by atoms with E-state index < -0.39 is 27.4 Å². The average molecular weight is 697 g/mol. The minimum absolute atomic E-state index is 0.355. The molecule has 1 aliphatic heterocycles. The fraction of sp³-hybridized carbons (Fsp3) is 0.182. The van der Waals surface area contributed by atoms with Crippen LogP contribution in [0.5, 0.6) is 0 Å². The van der Waals surface area contributed by atoms with Gasteiger partial charge in [-0.05, 0) is 37.1 Å². The van der Waals surface area contributed by atoms with Crippen molar-refractivity contribution in [3.63, 3.8) is 0 Å². The molecule has 0 N–H and O–H groups in total. The molecule has 0 spiro atoms. The molecule has 0 amide bonds. The minimum Gasteiger partial charge on any atom is -0.345 e. The quantitative estimate of drug-likeness (QED) is 0.122. The topological polar surface area (TPSA) is 36.9 Å². The Morgan fingerprint density at radius 1 is 0.400 bits per heavy atom. The molecule has 50 heavy (non-hydrogen) atoms. The lowest BCUT2D eigenvalue weighted by Crippen LogP contribution is -2.65. The fourth-order valence-corrected chi connectivity index (χ4v) is 11.9. The van der Waals surface area contributed by atoms with Crippen molar-refractivity contribution in [1.29, 1.82) is 0 Å². The van der Waals surface area contributed by atoms with E-state index >= 15 is 0 Å². The Hall–Kier alpha value is -3.98. The van der Waals surface area contributed by atoms with E-state index in [1.165, 1.54) is 21.2 Å². The molecule has 1 fully saturated rings. The lowest BCUT2D eigenvalue weighted by molar-refractivity contribution is -0.473. The van der Waals surface area contributed by atoms with Gasteiger partial charge in [0.05, 0.1) is 12.2 Å². The molecule has 0 aromatic heterocycles. The highest BCUT2D eigenvalue weighted by atomic mass is 31.1. The van der Waals surface area contributed by atoms with Crippen LogP contribution in [-0.4, -0.2) is 38.8 Å². The maximum Gasteiger partial charge on any atom is 0.256 e. The molecule has 6 aromatic rings. The Labute approximate surface area is 298 Å². The molecule has 4 unspecified atom stereocenters. The maximum absolute atomic E-state index is 7.58. The largest absolute Gasteiger partial charge is 0.345 e. The van der Waals surface area contributed by atoms with Crippen LogP contribution in [0.4, 0.5) is 0 Å². The van der Waals surface area contributed by atoms with Gasteiger partial charge in [-0.25, -0.2) is 0 Å². The van der Waals surface area contributed by atoms with Crippen molar-refractivity contribution in [1.82, 2.24) is 0 Å². The highest BCUT2D eigenvalue weighted by Crippen LogP contribution is 2.55. The van der Waals surface area contributed by atoms with Gasteiger partial charge in [-0.2, -0.15) is 0 Å². The van der Waals surface area contributed by atoms with Gasteiger partial charge in [-0.1, -0.05) is 182 Å². The molecule has 0 aliphatic carbocycles. The Kier molecular flexibility index (Phi) is 11.0. The second-order valence-corrected chi connectivity index (χ2v) is 16.8. The van der Waals surface area contributed by atoms with E-state index in [4.69, 9.17) is 18.9 Å². The molecule has 1 heterocycles. The predicted molar refractivity (Wildman–Crippen MR) is 208 cm³/mol. The minimum atomic E-state index is -1.41. The monoisotopic (exact) mass is 696 g/mol. The van der Waals surface area contributed by atoms with E-state index in [0.29, 0.717) is 0 Å². The normalized spacial score (nSPS) is 22.1. The van der Waals surface area contributed by atoms with Crippen LogP contribution in [0.3, 0.4) is 0 Å². The summed E-state index contributed by atoms with van der Waals surface area (Å²) in [6, 6.07) is 63.5. The van der Waals surface area contributed by atoms with E-state index in [1.807, 2.05) is 60.7 Å². The Bertz CT molecular complexity index is 1680. The molecule has 1 aliphatic rings. The smallest absolute Gasteiger partial charge is 0.256 e. The van der Waals surface area contributed by atoms with Crippen LogP contribution in [0.25, 0.3) is 0 Å². The summed E-state index contributed by atoms with van der Waals surface area (Å²) in [5.74, 6) is -2.83. The van der Waals surface area contributed by atoms with E-state index in [0.717, 1.165) is 23.5 Å². The first-order chi connectivity index (χ1) is 24.7. The van der Waals surface area contributed by atoms with Gasteiger partial charge >= 0.3 is 0 Å². The van der Waals surface area contributed by atoms with Crippen LogP contribution < -0.4 is 21.2 Å². The second-order valence-electron chi connectivity index (χ2n) is 12.2. The van der Waals surface area contributed by atoms with Crippen molar-refractivity contribution >= 4 is 37.1 Å². The molecule has 0 saturated carbocycles. The van der Waals surface area contributed by atoms with Crippen LogP contribution in [0.2, 0.25) is 0 Å². The zero-order valence-electron chi connectivity index (χ0n) is 28.4. The van der Waals surface area contributed by atoms with Gasteiger partial charge in [-0.15, -0.1) is 0 Å². The number of hydrogen-bond acceptors (Lipinski definition) is 4. The average Bonchev–Trinajstić information content (AvgIpc) is 3.21. The van der Waals surface area contributed by atoms with Gasteiger partial charge in [0, 0.05) is 37.7 Å². The first-order valence-corrected chi connectivity index (χ1v) is 20.0. The SMILES string of the molecule is COC1(c2ccccc2)OC(CP(c2ccccc2)c2ccccc2)C(CP(c2ccccc2)c2ccccc2)OC1(OC)c1ccccc1. The standard InChI is InChI=1S/C44H42O4P2/c1-45-43(35-21-9-3-10-22-35)44(46-2,36-23-11-4-12-24-36)48-42(34-50(39-29-17-7-18-30-39)40-31-19-8-20-32-40)41(47-43)33-49(37-25-13-5-14-26-37)38-27-15-6-16-28-38/h3-32,41-42H,33-34H2,1-2H3. The van der Waals surface area contributed by atoms with Crippen molar-refractivity contribution in [2.45, 2.75) is 23.8 Å². The summed E-state index contributed by atoms with van der Waals surface area (Å²) < 4.78 is 28.4. The summed E-state index contributed by atoms with van der Waals surface area (Å²) in [5, 5.41) is 5.16. The van der Waals surface area contributed by atoms with Crippen LogP contribution >= 0.6 is 15.8 Å². The highest BCUT2D eigenvalue weighted by Gasteiger charge is 2.64. The number of methoxy groups -OCH3 is 2.